The van der Waals surface area contributed by atoms with E-state index in [1.807, 2.05) is 0 Å². The van der Waals surface area contributed by atoms with E-state index in [0.717, 1.165) is 11.8 Å². The van der Waals surface area contributed by atoms with Gasteiger partial charge in [0.15, 0.2) is 22.8 Å². The summed E-state index contributed by atoms with van der Waals surface area (Å²) in [5, 5.41) is 13.0. The molecule has 0 aliphatic carbocycles. The van der Waals surface area contributed by atoms with E-state index in [9.17, 15) is 9.59 Å². The highest BCUT2D eigenvalue weighted by Gasteiger charge is 2.25. The molecule has 0 saturated carbocycles. The summed E-state index contributed by atoms with van der Waals surface area (Å²) in [4.78, 5) is 28.3. The maximum absolute atomic E-state index is 12.4. The van der Waals surface area contributed by atoms with Crippen molar-refractivity contribution in [3.05, 3.63) is 56.9 Å². The van der Waals surface area contributed by atoms with Gasteiger partial charge in [0, 0.05) is 5.56 Å². The van der Waals surface area contributed by atoms with Gasteiger partial charge in [0.1, 0.15) is 0 Å². The first-order valence-corrected chi connectivity index (χ1v) is 10.2. The van der Waals surface area contributed by atoms with Crippen LogP contribution in [0.1, 0.15) is 12.5 Å². The van der Waals surface area contributed by atoms with Crippen molar-refractivity contribution in [2.24, 2.45) is 4.99 Å². The number of rotatable bonds is 6. The monoisotopic (exact) mass is 466 g/mol. The van der Waals surface area contributed by atoms with Crippen LogP contribution in [0.25, 0.3) is 6.08 Å². The summed E-state index contributed by atoms with van der Waals surface area (Å²) in [6.45, 7) is 1.41. The molecule has 1 aliphatic heterocycles. The second-order valence-corrected chi connectivity index (χ2v) is 7.90. The number of aliphatic imine (C=N–C) groups is 1. The van der Waals surface area contributed by atoms with Crippen LogP contribution in [0, 0.1) is 0 Å². The minimum atomic E-state index is -1.12. The average molecular weight is 467 g/mol. The quantitative estimate of drug-likeness (QED) is 0.596. The smallest absolute Gasteiger partial charge is 0.344 e. The summed E-state index contributed by atoms with van der Waals surface area (Å²) < 4.78 is 10.8. The fraction of sp³-hybridized carbons (Fsp3) is 0.150. The van der Waals surface area contributed by atoms with Gasteiger partial charge in [-0.1, -0.05) is 35.3 Å². The molecule has 156 valence electrons. The van der Waals surface area contributed by atoms with Gasteiger partial charge in [0.05, 0.1) is 27.7 Å². The predicted molar refractivity (Wildman–Crippen MR) is 118 cm³/mol. The number of benzene rings is 2. The van der Waals surface area contributed by atoms with Gasteiger partial charge < -0.3 is 19.9 Å². The molecule has 10 heteroatoms. The molecule has 0 bridgehead atoms. The molecule has 0 unspecified atom stereocenters. The van der Waals surface area contributed by atoms with Gasteiger partial charge in [-0.15, -0.1) is 0 Å². The third kappa shape index (κ3) is 5.08. The van der Waals surface area contributed by atoms with E-state index in [0.29, 0.717) is 37.1 Å². The molecule has 0 radical (unpaired) electrons. The van der Waals surface area contributed by atoms with E-state index < -0.39 is 12.1 Å². The van der Waals surface area contributed by atoms with Crippen LogP contribution < -0.4 is 14.8 Å². The number of para-hydroxylation sites is 1. The Bertz CT molecular complexity index is 1070. The molecule has 1 saturated heterocycles. The zero-order valence-electron chi connectivity index (χ0n) is 15.8. The number of amidine groups is 1. The van der Waals surface area contributed by atoms with E-state index in [1.165, 1.54) is 14.0 Å². The molecule has 2 N–H and O–H groups in total. The Balaban J connectivity index is 1.91. The van der Waals surface area contributed by atoms with E-state index >= 15 is 0 Å². The Morgan fingerprint density at radius 3 is 2.70 bits per heavy atom. The molecule has 3 rings (SSSR count). The molecule has 1 atom stereocenters. The number of aliphatic carboxylic acids is 1. The van der Waals surface area contributed by atoms with Crippen molar-refractivity contribution >= 4 is 63.8 Å². The molecular weight excluding hydrogens is 451 g/mol. The van der Waals surface area contributed by atoms with E-state index in [-0.39, 0.29) is 11.7 Å². The van der Waals surface area contributed by atoms with Crippen LogP contribution in [0.15, 0.2) is 46.3 Å². The first kappa shape index (κ1) is 22.0. The SMILES string of the molecule is COc1cccc(/C=C2\SC(=Nc3ccc(Cl)c(Cl)c3)NC2=O)c1O[C@H](C)C(=O)O. The van der Waals surface area contributed by atoms with Crippen molar-refractivity contribution in [1.29, 1.82) is 0 Å². The average Bonchev–Trinajstić information content (AvgIpc) is 3.04. The number of hydrogen-bond donors (Lipinski definition) is 2. The highest BCUT2D eigenvalue weighted by molar-refractivity contribution is 8.18. The molecule has 7 nitrogen and oxygen atoms in total. The van der Waals surface area contributed by atoms with Crippen molar-refractivity contribution < 1.29 is 24.2 Å². The number of methoxy groups -OCH3 is 1. The Labute approximate surface area is 186 Å². The van der Waals surface area contributed by atoms with Gasteiger partial charge in [-0.05, 0) is 49.0 Å². The minimum Gasteiger partial charge on any atom is -0.493 e. The molecular formula is C20H16Cl2N2O5S. The molecule has 2 aromatic carbocycles. The zero-order chi connectivity index (χ0) is 21.8. The fourth-order valence-electron chi connectivity index (χ4n) is 2.45. The maximum Gasteiger partial charge on any atom is 0.344 e. The second kappa shape index (κ2) is 9.42. The van der Waals surface area contributed by atoms with Crippen LogP contribution in [-0.2, 0) is 9.59 Å². The Hall–Kier alpha value is -2.68. The Morgan fingerprint density at radius 1 is 1.27 bits per heavy atom. The molecule has 0 aromatic heterocycles. The topological polar surface area (TPSA) is 97.2 Å². The van der Waals surface area contributed by atoms with Crippen molar-refractivity contribution in [3.8, 4) is 11.5 Å². The minimum absolute atomic E-state index is 0.227. The van der Waals surface area contributed by atoms with Gasteiger partial charge in [-0.25, -0.2) is 9.79 Å². The summed E-state index contributed by atoms with van der Waals surface area (Å²) >= 11 is 13.0. The second-order valence-electron chi connectivity index (χ2n) is 6.06. The lowest BCUT2D eigenvalue weighted by Gasteiger charge is -2.16. The third-order valence-electron chi connectivity index (χ3n) is 3.94. The van der Waals surface area contributed by atoms with Gasteiger partial charge in [0.2, 0.25) is 0 Å². The Kier molecular flexibility index (Phi) is 6.91. The normalized spacial score (nSPS) is 17.1. The van der Waals surface area contributed by atoms with Gasteiger partial charge in [-0.2, -0.15) is 0 Å². The largest absolute Gasteiger partial charge is 0.493 e. The van der Waals surface area contributed by atoms with E-state index in [4.69, 9.17) is 37.8 Å². The zero-order valence-corrected chi connectivity index (χ0v) is 18.1. The number of ether oxygens (including phenoxy) is 2. The van der Waals surface area contributed by atoms with Gasteiger partial charge in [-0.3, -0.25) is 4.79 Å². The van der Waals surface area contributed by atoms with Crippen LogP contribution in [0.2, 0.25) is 10.0 Å². The van der Waals surface area contributed by atoms with Crippen LogP contribution in [0.4, 0.5) is 5.69 Å². The number of carbonyl (C=O) groups excluding carboxylic acids is 1. The summed E-state index contributed by atoms with van der Waals surface area (Å²) in [5.41, 5.74) is 1.03. The number of nitrogens with one attached hydrogen (secondary N) is 1. The molecule has 1 aliphatic rings. The lowest BCUT2D eigenvalue weighted by molar-refractivity contribution is -0.144. The van der Waals surface area contributed by atoms with Crippen LogP contribution in [0.5, 0.6) is 11.5 Å². The van der Waals surface area contributed by atoms with Crippen LogP contribution >= 0.6 is 35.0 Å². The van der Waals surface area contributed by atoms with Gasteiger partial charge >= 0.3 is 5.97 Å². The number of nitrogens with zero attached hydrogens (tertiary/aromatic N) is 1. The number of carboxylic acid groups (broad SMARTS) is 1. The van der Waals surface area contributed by atoms with E-state index in [2.05, 4.69) is 10.3 Å². The lowest BCUT2D eigenvalue weighted by atomic mass is 10.1. The van der Waals surface area contributed by atoms with Crippen LogP contribution in [-0.4, -0.2) is 35.4 Å². The van der Waals surface area contributed by atoms with Gasteiger partial charge in [0.25, 0.3) is 5.91 Å². The number of carbonyl (C=O) groups is 2. The van der Waals surface area contributed by atoms with Crippen molar-refractivity contribution in [1.82, 2.24) is 5.32 Å². The number of carboxylic acids is 1. The molecule has 1 fully saturated rings. The summed E-state index contributed by atoms with van der Waals surface area (Å²) in [6, 6.07) is 9.94. The summed E-state index contributed by atoms with van der Waals surface area (Å²) in [6.07, 6.45) is 0.485. The predicted octanol–water partition coefficient (Wildman–Crippen LogP) is 4.75. The number of amides is 1. The highest BCUT2D eigenvalue weighted by Crippen LogP contribution is 2.36. The molecule has 1 amide bonds. The number of thioether (sulfide) groups is 1. The first-order valence-electron chi connectivity index (χ1n) is 8.59. The van der Waals surface area contributed by atoms with Crippen molar-refractivity contribution in [3.63, 3.8) is 0 Å². The standard InChI is InChI=1S/C20H16Cl2N2O5S/c1-10(19(26)27)29-17-11(4-3-5-15(17)28-2)8-16-18(25)24-20(30-16)23-12-6-7-13(21)14(22)9-12/h3-10H,1-2H3,(H,26,27)(H,23,24,25)/b16-8-/t10-/m1/s1. The summed E-state index contributed by atoms with van der Waals surface area (Å²) in [5.74, 6) is -0.890. The van der Waals surface area contributed by atoms with Crippen LogP contribution in [0.3, 0.4) is 0 Å². The lowest BCUT2D eigenvalue weighted by Crippen LogP contribution is -2.23. The molecule has 0 spiro atoms. The fourth-order valence-corrected chi connectivity index (χ4v) is 3.58. The van der Waals surface area contributed by atoms with Crippen molar-refractivity contribution in [2.75, 3.05) is 7.11 Å². The maximum atomic E-state index is 12.4. The molecule has 2 aromatic rings. The molecule has 30 heavy (non-hydrogen) atoms. The number of halogens is 2. The highest BCUT2D eigenvalue weighted by atomic mass is 35.5. The Morgan fingerprint density at radius 2 is 2.03 bits per heavy atom. The summed E-state index contributed by atoms with van der Waals surface area (Å²) in [7, 11) is 1.45. The van der Waals surface area contributed by atoms with Crippen molar-refractivity contribution in [2.45, 2.75) is 13.0 Å². The molecule has 1 heterocycles. The first-order chi connectivity index (χ1) is 14.3. The number of hydrogen-bond acceptors (Lipinski definition) is 6. The third-order valence-corrected chi connectivity index (χ3v) is 5.59. The van der Waals surface area contributed by atoms with E-state index in [1.54, 1.807) is 42.5 Å².